The maximum Gasteiger partial charge on any atom is 0.292 e. The number of nitrogens with one attached hydrogen (secondary N) is 1. The molecule has 0 bridgehead atoms. The van der Waals surface area contributed by atoms with Gasteiger partial charge in [0.25, 0.3) is 5.69 Å². The molecule has 0 amide bonds. The monoisotopic (exact) mass is 244 g/mol. The van der Waals surface area contributed by atoms with Crippen molar-refractivity contribution in [2.75, 3.05) is 12.4 Å². The summed E-state index contributed by atoms with van der Waals surface area (Å²) in [5.41, 5.74) is -0.225. The van der Waals surface area contributed by atoms with Gasteiger partial charge in [-0.3, -0.25) is 10.1 Å². The van der Waals surface area contributed by atoms with E-state index in [1.807, 2.05) is 0 Å². The largest absolute Gasteiger partial charge is 0.497 e. The van der Waals surface area contributed by atoms with Crippen LogP contribution in [0.5, 0.6) is 5.75 Å². The molecule has 0 aliphatic heterocycles. The topological polar surface area (TPSA) is 112 Å². The second kappa shape index (κ2) is 5.87. The number of anilines is 1. The smallest absolute Gasteiger partial charge is 0.292 e. The molecular formula is C11H8N4O3. The van der Waals surface area contributed by atoms with Crippen LogP contribution in [0, 0.1) is 32.8 Å². The van der Waals surface area contributed by atoms with Gasteiger partial charge in [-0.1, -0.05) is 0 Å². The van der Waals surface area contributed by atoms with E-state index in [2.05, 4.69) is 5.32 Å². The van der Waals surface area contributed by atoms with Gasteiger partial charge in [-0.05, 0) is 6.07 Å². The van der Waals surface area contributed by atoms with Gasteiger partial charge in [-0.15, -0.1) is 0 Å². The van der Waals surface area contributed by atoms with Crippen LogP contribution >= 0.6 is 0 Å². The molecule has 1 aromatic carbocycles. The Morgan fingerprint density at radius 1 is 1.50 bits per heavy atom. The second-order valence-electron chi connectivity index (χ2n) is 3.07. The van der Waals surface area contributed by atoms with Crippen LogP contribution in [-0.2, 0) is 0 Å². The fourth-order valence-electron chi connectivity index (χ4n) is 1.16. The van der Waals surface area contributed by atoms with Crippen LogP contribution in [0.25, 0.3) is 0 Å². The molecule has 0 atom stereocenters. The first-order valence-corrected chi connectivity index (χ1v) is 4.71. The molecule has 7 nitrogen and oxygen atoms in total. The van der Waals surface area contributed by atoms with E-state index in [9.17, 15) is 10.1 Å². The number of nitro benzene ring substituents is 1. The van der Waals surface area contributed by atoms with E-state index >= 15 is 0 Å². The summed E-state index contributed by atoms with van der Waals surface area (Å²) in [6.45, 7) is 0. The van der Waals surface area contributed by atoms with Gasteiger partial charge in [-0.25, -0.2) is 0 Å². The Kier molecular flexibility index (Phi) is 4.24. The lowest BCUT2D eigenvalue weighted by Gasteiger charge is -2.05. The molecule has 0 aliphatic rings. The Bertz CT molecular complexity index is 565. The van der Waals surface area contributed by atoms with E-state index in [0.717, 1.165) is 6.20 Å². The number of allylic oxidation sites excluding steroid dienone is 1. The van der Waals surface area contributed by atoms with Gasteiger partial charge in [0.1, 0.15) is 29.1 Å². The Labute approximate surface area is 103 Å². The maximum atomic E-state index is 10.8. The number of nitro groups is 1. The van der Waals surface area contributed by atoms with E-state index in [1.165, 1.54) is 25.3 Å². The minimum Gasteiger partial charge on any atom is -0.497 e. The zero-order chi connectivity index (χ0) is 13.5. The van der Waals surface area contributed by atoms with Crippen molar-refractivity contribution >= 4 is 11.4 Å². The zero-order valence-corrected chi connectivity index (χ0v) is 9.38. The molecule has 0 saturated carbocycles. The van der Waals surface area contributed by atoms with Crippen molar-refractivity contribution in [2.45, 2.75) is 0 Å². The van der Waals surface area contributed by atoms with Crippen molar-refractivity contribution < 1.29 is 9.66 Å². The van der Waals surface area contributed by atoms with Crippen molar-refractivity contribution in [2.24, 2.45) is 0 Å². The Hall–Kier alpha value is -3.06. The Morgan fingerprint density at radius 2 is 2.17 bits per heavy atom. The molecule has 0 aromatic heterocycles. The van der Waals surface area contributed by atoms with Gasteiger partial charge in [-0.2, -0.15) is 10.5 Å². The summed E-state index contributed by atoms with van der Waals surface area (Å²) in [4.78, 5) is 10.2. The molecule has 18 heavy (non-hydrogen) atoms. The number of methoxy groups -OCH3 is 1. The van der Waals surface area contributed by atoms with E-state index in [0.29, 0.717) is 5.75 Å². The quantitative estimate of drug-likeness (QED) is 0.492. The van der Waals surface area contributed by atoms with Gasteiger partial charge in [0, 0.05) is 18.3 Å². The van der Waals surface area contributed by atoms with Crippen LogP contribution in [0.1, 0.15) is 0 Å². The third-order valence-electron chi connectivity index (χ3n) is 2.01. The lowest BCUT2D eigenvalue weighted by atomic mass is 10.2. The average Bonchev–Trinajstić information content (AvgIpc) is 2.39. The fraction of sp³-hybridized carbons (Fsp3) is 0.0909. The summed E-state index contributed by atoms with van der Waals surface area (Å²) < 4.78 is 4.94. The first kappa shape index (κ1) is 13.0. The summed E-state index contributed by atoms with van der Waals surface area (Å²) in [7, 11) is 1.43. The van der Waals surface area contributed by atoms with E-state index in [4.69, 9.17) is 15.3 Å². The zero-order valence-electron chi connectivity index (χ0n) is 9.38. The Balaban J connectivity index is 3.14. The van der Waals surface area contributed by atoms with Crippen LogP contribution in [0.3, 0.4) is 0 Å². The molecule has 0 fully saturated rings. The lowest BCUT2D eigenvalue weighted by molar-refractivity contribution is -0.383. The molecular weight excluding hydrogens is 236 g/mol. The molecule has 7 heteroatoms. The van der Waals surface area contributed by atoms with Gasteiger partial charge in [0.2, 0.25) is 0 Å². The van der Waals surface area contributed by atoms with Crippen molar-refractivity contribution in [1.82, 2.24) is 0 Å². The molecule has 1 aromatic rings. The molecule has 1 N–H and O–H groups in total. The van der Waals surface area contributed by atoms with Crippen molar-refractivity contribution in [3.8, 4) is 17.9 Å². The molecule has 0 heterocycles. The summed E-state index contributed by atoms with van der Waals surface area (Å²) >= 11 is 0. The molecule has 0 radical (unpaired) electrons. The third kappa shape index (κ3) is 2.97. The van der Waals surface area contributed by atoms with Crippen LogP contribution < -0.4 is 10.1 Å². The third-order valence-corrected chi connectivity index (χ3v) is 2.01. The number of nitrogens with zero attached hydrogens (tertiary/aromatic N) is 3. The second-order valence-corrected chi connectivity index (χ2v) is 3.07. The predicted molar refractivity (Wildman–Crippen MR) is 62.6 cm³/mol. The van der Waals surface area contributed by atoms with E-state index in [1.54, 1.807) is 12.1 Å². The summed E-state index contributed by atoms with van der Waals surface area (Å²) in [6, 6.07) is 7.39. The van der Waals surface area contributed by atoms with Gasteiger partial charge in [0.05, 0.1) is 12.0 Å². The minimum absolute atomic E-state index is 0.141. The highest BCUT2D eigenvalue weighted by Gasteiger charge is 2.13. The summed E-state index contributed by atoms with van der Waals surface area (Å²) in [5, 5.41) is 30.4. The van der Waals surface area contributed by atoms with Gasteiger partial charge >= 0.3 is 0 Å². The first-order chi connectivity index (χ1) is 8.62. The first-order valence-electron chi connectivity index (χ1n) is 4.71. The van der Waals surface area contributed by atoms with Crippen molar-refractivity contribution in [3.05, 3.63) is 40.1 Å². The predicted octanol–water partition coefficient (Wildman–Crippen LogP) is 1.95. The number of rotatable bonds is 4. The van der Waals surface area contributed by atoms with Gasteiger partial charge < -0.3 is 10.1 Å². The summed E-state index contributed by atoms with van der Waals surface area (Å²) in [5.74, 6) is 0.423. The number of hydrogen-bond donors (Lipinski definition) is 1. The molecule has 0 spiro atoms. The molecule has 0 saturated heterocycles. The molecule has 1 rings (SSSR count). The van der Waals surface area contributed by atoms with Gasteiger partial charge in [0.15, 0.2) is 0 Å². The minimum atomic E-state index is -0.575. The van der Waals surface area contributed by atoms with Crippen LogP contribution in [0.15, 0.2) is 30.0 Å². The van der Waals surface area contributed by atoms with Crippen LogP contribution in [0.4, 0.5) is 11.4 Å². The number of nitriles is 2. The number of hydrogen-bond acceptors (Lipinski definition) is 6. The highest BCUT2D eigenvalue weighted by molar-refractivity contribution is 5.66. The molecule has 90 valence electrons. The van der Waals surface area contributed by atoms with Crippen LogP contribution in [0.2, 0.25) is 0 Å². The SMILES string of the molecule is COc1ccc([N+](=O)[O-])c(NC=C(C#N)C#N)c1. The average molecular weight is 244 g/mol. The summed E-state index contributed by atoms with van der Waals surface area (Å²) in [6.07, 6.45) is 1.10. The standard InChI is InChI=1S/C11H8N4O3/c1-18-9-2-3-11(15(16)17)10(4-9)14-7-8(5-12)6-13/h2-4,7,14H,1H3. The van der Waals surface area contributed by atoms with Crippen molar-refractivity contribution in [1.29, 1.82) is 10.5 Å². The number of ether oxygens (including phenoxy) is 1. The fourth-order valence-corrected chi connectivity index (χ4v) is 1.16. The molecule has 0 unspecified atom stereocenters. The maximum absolute atomic E-state index is 10.8. The highest BCUT2D eigenvalue weighted by atomic mass is 16.6. The van der Waals surface area contributed by atoms with Crippen LogP contribution in [-0.4, -0.2) is 12.0 Å². The number of benzene rings is 1. The molecule has 0 aliphatic carbocycles. The Morgan fingerprint density at radius 3 is 2.67 bits per heavy atom. The van der Waals surface area contributed by atoms with E-state index < -0.39 is 4.92 Å². The highest BCUT2D eigenvalue weighted by Crippen LogP contribution is 2.28. The van der Waals surface area contributed by atoms with Crippen molar-refractivity contribution in [3.63, 3.8) is 0 Å². The normalized spacial score (nSPS) is 8.61. The van der Waals surface area contributed by atoms with E-state index in [-0.39, 0.29) is 16.9 Å². The lowest BCUT2D eigenvalue weighted by Crippen LogP contribution is -1.97.